The average molecular weight is 324 g/mol. The van der Waals surface area contributed by atoms with Crippen LogP contribution in [-0.4, -0.2) is 23.5 Å². The summed E-state index contributed by atoms with van der Waals surface area (Å²) in [6, 6.07) is 16.6. The molecule has 0 spiro atoms. The zero-order valence-corrected chi connectivity index (χ0v) is 13.8. The molecule has 0 atom stereocenters. The summed E-state index contributed by atoms with van der Waals surface area (Å²) in [6.07, 6.45) is 0. The van der Waals surface area contributed by atoms with E-state index >= 15 is 0 Å². The number of nitrogens with one attached hydrogen (secondary N) is 1. The molecule has 0 saturated carbocycles. The van der Waals surface area contributed by atoms with Crippen molar-refractivity contribution >= 4 is 28.3 Å². The van der Waals surface area contributed by atoms with Gasteiger partial charge in [-0.1, -0.05) is 41.9 Å². The number of benzene rings is 2. The summed E-state index contributed by atoms with van der Waals surface area (Å²) >= 11 is 6.25. The van der Waals surface area contributed by atoms with E-state index < -0.39 is 0 Å². The Hall–Kier alpha value is -2.26. The standard InChI is InChI=1S/C19H18ClN3/c1-13-18(19-21-9-10-22-19)16-11-15(20)7-8-17(16)23(13)12-14-5-3-2-4-6-14/h2-8,11H,9-10,12H2,1H3,(H,21,22). The third-order valence-corrected chi connectivity index (χ3v) is 4.61. The highest BCUT2D eigenvalue weighted by molar-refractivity contribution is 6.31. The molecule has 4 rings (SSSR count). The lowest BCUT2D eigenvalue weighted by atomic mass is 10.1. The molecular weight excluding hydrogens is 306 g/mol. The normalized spacial score (nSPS) is 14.1. The molecule has 0 amide bonds. The predicted molar refractivity (Wildman–Crippen MR) is 96.6 cm³/mol. The van der Waals surface area contributed by atoms with E-state index in [9.17, 15) is 0 Å². The summed E-state index contributed by atoms with van der Waals surface area (Å²) < 4.78 is 2.35. The van der Waals surface area contributed by atoms with Gasteiger partial charge in [0.2, 0.25) is 0 Å². The molecule has 23 heavy (non-hydrogen) atoms. The molecule has 1 aliphatic heterocycles. The number of aromatic nitrogens is 1. The Bertz CT molecular complexity index is 894. The van der Waals surface area contributed by atoms with Crippen LogP contribution in [0.5, 0.6) is 0 Å². The van der Waals surface area contributed by atoms with Crippen LogP contribution in [0.4, 0.5) is 0 Å². The number of hydrogen-bond donors (Lipinski definition) is 1. The van der Waals surface area contributed by atoms with Crippen LogP contribution >= 0.6 is 11.6 Å². The minimum atomic E-state index is 0.759. The molecule has 0 unspecified atom stereocenters. The lowest BCUT2D eigenvalue weighted by molar-refractivity contribution is 0.803. The number of halogens is 1. The Kier molecular flexibility index (Phi) is 3.58. The van der Waals surface area contributed by atoms with Crippen LogP contribution in [-0.2, 0) is 6.54 Å². The minimum absolute atomic E-state index is 0.759. The first-order valence-corrected chi connectivity index (χ1v) is 8.23. The van der Waals surface area contributed by atoms with E-state index in [1.54, 1.807) is 0 Å². The Morgan fingerprint density at radius 1 is 1.17 bits per heavy atom. The van der Waals surface area contributed by atoms with Gasteiger partial charge in [0.15, 0.2) is 0 Å². The zero-order chi connectivity index (χ0) is 15.8. The fraction of sp³-hybridized carbons (Fsp3) is 0.211. The molecule has 0 bridgehead atoms. The lowest BCUT2D eigenvalue weighted by Gasteiger charge is -2.09. The summed E-state index contributed by atoms with van der Waals surface area (Å²) in [5, 5.41) is 5.32. The molecule has 3 aromatic rings. The third-order valence-electron chi connectivity index (χ3n) is 4.38. The van der Waals surface area contributed by atoms with Gasteiger partial charge in [0.1, 0.15) is 5.84 Å². The van der Waals surface area contributed by atoms with Crippen molar-refractivity contribution in [1.29, 1.82) is 0 Å². The van der Waals surface area contributed by atoms with Crippen molar-refractivity contribution in [3.63, 3.8) is 0 Å². The van der Waals surface area contributed by atoms with E-state index in [0.29, 0.717) is 0 Å². The van der Waals surface area contributed by atoms with Crippen LogP contribution < -0.4 is 5.32 Å². The highest BCUT2D eigenvalue weighted by Crippen LogP contribution is 2.30. The number of fused-ring (bicyclic) bond motifs is 1. The largest absolute Gasteiger partial charge is 0.368 e. The Balaban J connectivity index is 1.92. The fourth-order valence-electron chi connectivity index (χ4n) is 3.29. The smallest absolute Gasteiger partial charge is 0.130 e. The maximum Gasteiger partial charge on any atom is 0.130 e. The monoisotopic (exact) mass is 323 g/mol. The van der Waals surface area contributed by atoms with E-state index in [0.717, 1.165) is 30.5 Å². The Labute approximate surface area is 140 Å². The molecule has 0 aliphatic carbocycles. The number of aliphatic imine (C=N–C) groups is 1. The van der Waals surface area contributed by atoms with Gasteiger partial charge < -0.3 is 9.88 Å². The first kappa shape index (κ1) is 14.3. The second-order valence-corrected chi connectivity index (χ2v) is 6.29. The maximum atomic E-state index is 6.25. The van der Waals surface area contributed by atoms with Gasteiger partial charge in [-0.15, -0.1) is 0 Å². The van der Waals surface area contributed by atoms with Crippen molar-refractivity contribution in [3.05, 3.63) is 70.4 Å². The molecule has 1 aromatic heterocycles. The molecule has 116 valence electrons. The molecular formula is C19H18ClN3. The van der Waals surface area contributed by atoms with Crippen molar-refractivity contribution in [3.8, 4) is 0 Å². The van der Waals surface area contributed by atoms with Gasteiger partial charge in [0.05, 0.1) is 6.54 Å². The van der Waals surface area contributed by atoms with Crippen LogP contribution in [0.3, 0.4) is 0 Å². The first-order chi connectivity index (χ1) is 11.2. The maximum absolute atomic E-state index is 6.25. The summed E-state index contributed by atoms with van der Waals surface area (Å²) in [4.78, 5) is 4.62. The topological polar surface area (TPSA) is 29.3 Å². The van der Waals surface area contributed by atoms with Crippen molar-refractivity contribution in [1.82, 2.24) is 9.88 Å². The Morgan fingerprint density at radius 3 is 2.74 bits per heavy atom. The predicted octanol–water partition coefficient (Wildman–Crippen LogP) is 4.00. The average Bonchev–Trinajstić information content (AvgIpc) is 3.16. The van der Waals surface area contributed by atoms with E-state index in [2.05, 4.69) is 52.1 Å². The van der Waals surface area contributed by atoms with Gasteiger partial charge in [-0.3, -0.25) is 4.99 Å². The highest BCUT2D eigenvalue weighted by atomic mass is 35.5. The highest BCUT2D eigenvalue weighted by Gasteiger charge is 2.20. The van der Waals surface area contributed by atoms with E-state index in [1.165, 1.54) is 27.7 Å². The van der Waals surface area contributed by atoms with Gasteiger partial charge in [-0.2, -0.15) is 0 Å². The van der Waals surface area contributed by atoms with Gasteiger partial charge in [-0.05, 0) is 30.7 Å². The Morgan fingerprint density at radius 2 is 2.00 bits per heavy atom. The molecule has 1 aliphatic rings. The van der Waals surface area contributed by atoms with Crippen molar-refractivity contribution in [2.45, 2.75) is 13.5 Å². The third kappa shape index (κ3) is 2.51. The molecule has 3 nitrogen and oxygen atoms in total. The summed E-state index contributed by atoms with van der Waals surface area (Å²) in [5.41, 5.74) is 4.88. The quantitative estimate of drug-likeness (QED) is 0.775. The van der Waals surface area contributed by atoms with Crippen molar-refractivity contribution < 1.29 is 0 Å². The molecule has 0 saturated heterocycles. The number of nitrogens with zero attached hydrogens (tertiary/aromatic N) is 2. The van der Waals surface area contributed by atoms with Crippen LogP contribution in [0.15, 0.2) is 53.5 Å². The van der Waals surface area contributed by atoms with E-state index in [4.69, 9.17) is 11.6 Å². The number of hydrogen-bond acceptors (Lipinski definition) is 2. The summed E-state index contributed by atoms with van der Waals surface area (Å²) in [5.74, 6) is 0.988. The number of amidine groups is 1. The zero-order valence-electron chi connectivity index (χ0n) is 13.0. The molecule has 2 aromatic carbocycles. The first-order valence-electron chi connectivity index (χ1n) is 7.85. The molecule has 2 heterocycles. The second kappa shape index (κ2) is 5.74. The van der Waals surface area contributed by atoms with Crippen LogP contribution in [0.2, 0.25) is 5.02 Å². The van der Waals surface area contributed by atoms with Crippen LogP contribution in [0.1, 0.15) is 16.8 Å². The van der Waals surface area contributed by atoms with Gasteiger partial charge in [0, 0.05) is 40.3 Å². The molecule has 1 N–H and O–H groups in total. The minimum Gasteiger partial charge on any atom is -0.368 e. The van der Waals surface area contributed by atoms with E-state index in [1.807, 2.05) is 18.2 Å². The van der Waals surface area contributed by atoms with Gasteiger partial charge in [-0.25, -0.2) is 0 Å². The fourth-order valence-corrected chi connectivity index (χ4v) is 3.46. The summed E-state index contributed by atoms with van der Waals surface area (Å²) in [7, 11) is 0. The van der Waals surface area contributed by atoms with Crippen molar-refractivity contribution in [2.24, 2.45) is 4.99 Å². The van der Waals surface area contributed by atoms with Gasteiger partial charge in [0.25, 0.3) is 0 Å². The number of rotatable bonds is 3. The molecule has 0 fully saturated rings. The van der Waals surface area contributed by atoms with E-state index in [-0.39, 0.29) is 0 Å². The summed E-state index contributed by atoms with van der Waals surface area (Å²) in [6.45, 7) is 4.74. The van der Waals surface area contributed by atoms with Crippen molar-refractivity contribution in [2.75, 3.05) is 13.1 Å². The van der Waals surface area contributed by atoms with Crippen LogP contribution in [0.25, 0.3) is 10.9 Å². The van der Waals surface area contributed by atoms with Crippen LogP contribution in [0, 0.1) is 6.92 Å². The molecule has 0 radical (unpaired) electrons. The lowest BCUT2D eigenvalue weighted by Crippen LogP contribution is -2.20. The molecule has 4 heteroatoms. The second-order valence-electron chi connectivity index (χ2n) is 5.85. The SMILES string of the molecule is Cc1c(C2=NCCN2)c2cc(Cl)ccc2n1Cc1ccccc1. The van der Waals surface area contributed by atoms with Gasteiger partial charge >= 0.3 is 0 Å².